The van der Waals surface area contributed by atoms with E-state index in [2.05, 4.69) is 0 Å². The maximum atomic E-state index is 9.48. The fourth-order valence-corrected chi connectivity index (χ4v) is 3.44. The summed E-state index contributed by atoms with van der Waals surface area (Å²) in [4.78, 5) is 0. The van der Waals surface area contributed by atoms with Crippen LogP contribution in [0.4, 0.5) is 0 Å². The van der Waals surface area contributed by atoms with Crippen molar-refractivity contribution in [1.82, 2.24) is 0 Å². The summed E-state index contributed by atoms with van der Waals surface area (Å²) in [5, 5.41) is 18.8. The second kappa shape index (κ2) is 3.58. The second-order valence-corrected chi connectivity index (χ2v) is 4.94. The Morgan fingerprint density at radius 3 is 2.69 bits per heavy atom. The van der Waals surface area contributed by atoms with Crippen LogP contribution in [0.5, 0.6) is 0 Å². The van der Waals surface area contributed by atoms with E-state index in [9.17, 15) is 10.2 Å². The highest BCUT2D eigenvalue weighted by Gasteiger charge is 2.45. The van der Waals surface area contributed by atoms with E-state index in [1.807, 2.05) is 0 Å². The highest BCUT2D eigenvalue weighted by Crippen LogP contribution is 2.51. The van der Waals surface area contributed by atoms with Crippen LogP contribution >= 0.6 is 0 Å². The Balaban J connectivity index is 2.14. The van der Waals surface area contributed by atoms with Gasteiger partial charge in [-0.1, -0.05) is 19.3 Å². The lowest BCUT2D eigenvalue weighted by molar-refractivity contribution is -0.0536. The molecular formula is C11H20O2. The van der Waals surface area contributed by atoms with Gasteiger partial charge in [0.25, 0.3) is 0 Å². The van der Waals surface area contributed by atoms with E-state index < -0.39 is 0 Å². The molecule has 2 fully saturated rings. The van der Waals surface area contributed by atoms with E-state index in [1.165, 1.54) is 19.3 Å². The molecule has 0 aliphatic heterocycles. The van der Waals surface area contributed by atoms with Crippen molar-refractivity contribution in [3.63, 3.8) is 0 Å². The van der Waals surface area contributed by atoms with Gasteiger partial charge in [0, 0.05) is 13.2 Å². The Morgan fingerprint density at radius 2 is 2.00 bits per heavy atom. The van der Waals surface area contributed by atoms with Gasteiger partial charge in [0.1, 0.15) is 0 Å². The van der Waals surface area contributed by atoms with Crippen LogP contribution in [0.15, 0.2) is 0 Å². The van der Waals surface area contributed by atoms with Gasteiger partial charge in [0.05, 0.1) is 0 Å². The second-order valence-electron chi connectivity index (χ2n) is 4.94. The first kappa shape index (κ1) is 9.47. The Hall–Kier alpha value is -0.0800. The van der Waals surface area contributed by atoms with Crippen LogP contribution in [0.3, 0.4) is 0 Å². The topological polar surface area (TPSA) is 40.5 Å². The third-order valence-electron chi connectivity index (χ3n) is 4.31. The first-order valence-corrected chi connectivity index (χ1v) is 5.52. The predicted molar refractivity (Wildman–Crippen MR) is 51.3 cm³/mol. The van der Waals surface area contributed by atoms with Gasteiger partial charge in [-0.3, -0.25) is 0 Å². The van der Waals surface area contributed by atoms with Crippen LogP contribution in [0.1, 0.15) is 38.5 Å². The minimum Gasteiger partial charge on any atom is -0.396 e. The van der Waals surface area contributed by atoms with Crippen LogP contribution in [0.25, 0.3) is 0 Å². The molecule has 0 radical (unpaired) electrons. The van der Waals surface area contributed by atoms with Crippen LogP contribution < -0.4 is 0 Å². The molecule has 2 rings (SSSR count). The summed E-state index contributed by atoms with van der Waals surface area (Å²) in [5.74, 6) is 1.21. The van der Waals surface area contributed by atoms with Gasteiger partial charge < -0.3 is 10.2 Å². The zero-order valence-electron chi connectivity index (χ0n) is 8.21. The smallest absolute Gasteiger partial charge is 0.0491 e. The molecule has 0 heterocycles. The Labute approximate surface area is 80.0 Å². The molecule has 2 heteroatoms. The van der Waals surface area contributed by atoms with Crippen molar-refractivity contribution in [1.29, 1.82) is 0 Å². The van der Waals surface area contributed by atoms with Crippen molar-refractivity contribution >= 4 is 0 Å². The fraction of sp³-hybridized carbons (Fsp3) is 1.00. The summed E-state index contributed by atoms with van der Waals surface area (Å²) >= 11 is 0. The summed E-state index contributed by atoms with van der Waals surface area (Å²) in [6.45, 7) is 0.558. The van der Waals surface area contributed by atoms with Crippen LogP contribution in [-0.2, 0) is 0 Å². The number of aliphatic hydroxyl groups is 2. The van der Waals surface area contributed by atoms with Gasteiger partial charge in [-0.2, -0.15) is 0 Å². The lowest BCUT2D eigenvalue weighted by atomic mass is 9.57. The molecule has 2 bridgehead atoms. The average Bonchev–Trinajstić information content (AvgIpc) is 2.18. The Morgan fingerprint density at radius 1 is 1.15 bits per heavy atom. The van der Waals surface area contributed by atoms with Gasteiger partial charge in [-0.05, 0) is 36.5 Å². The van der Waals surface area contributed by atoms with Gasteiger partial charge in [-0.25, -0.2) is 0 Å². The largest absolute Gasteiger partial charge is 0.396 e. The van der Waals surface area contributed by atoms with E-state index in [0.29, 0.717) is 5.92 Å². The molecule has 2 N–H and O–H groups in total. The standard InChI is InChI=1S/C11H20O2/c12-7-10-4-3-9-2-1-5-11(10,6-9)8-13/h9-10,12-13H,1-8H2. The third-order valence-corrected chi connectivity index (χ3v) is 4.31. The van der Waals surface area contributed by atoms with Crippen molar-refractivity contribution < 1.29 is 10.2 Å². The molecule has 76 valence electrons. The van der Waals surface area contributed by atoms with Gasteiger partial charge in [0.2, 0.25) is 0 Å². The Kier molecular flexibility index (Phi) is 2.61. The quantitative estimate of drug-likeness (QED) is 0.683. The highest BCUT2D eigenvalue weighted by molar-refractivity contribution is 4.95. The number of hydrogen-bond donors (Lipinski definition) is 2. The molecule has 3 atom stereocenters. The molecule has 0 aromatic rings. The summed E-state index contributed by atoms with van der Waals surface area (Å²) in [7, 11) is 0. The molecular weight excluding hydrogens is 164 g/mol. The molecule has 0 aromatic heterocycles. The summed E-state index contributed by atoms with van der Waals surface area (Å²) in [5.41, 5.74) is 0.0932. The SMILES string of the molecule is OCC1CCC2CCCC1(CO)C2. The fourth-order valence-electron chi connectivity index (χ4n) is 3.44. The zero-order valence-corrected chi connectivity index (χ0v) is 8.21. The molecule has 2 nitrogen and oxygen atoms in total. The van der Waals surface area contributed by atoms with Crippen molar-refractivity contribution in [2.24, 2.45) is 17.3 Å². The van der Waals surface area contributed by atoms with Crippen molar-refractivity contribution in [2.45, 2.75) is 38.5 Å². The van der Waals surface area contributed by atoms with Gasteiger partial charge in [0.15, 0.2) is 0 Å². The molecule has 0 amide bonds. The molecule has 0 saturated heterocycles. The number of rotatable bonds is 2. The van der Waals surface area contributed by atoms with Crippen LogP contribution in [0.2, 0.25) is 0 Å². The maximum absolute atomic E-state index is 9.48. The minimum atomic E-state index is 0.0932. The monoisotopic (exact) mass is 184 g/mol. The number of hydrogen-bond acceptors (Lipinski definition) is 2. The predicted octanol–water partition coefficient (Wildman–Crippen LogP) is 1.56. The molecule has 2 aliphatic carbocycles. The van der Waals surface area contributed by atoms with Gasteiger partial charge >= 0.3 is 0 Å². The zero-order chi connectivity index (χ0) is 9.31. The molecule has 3 unspecified atom stereocenters. The maximum Gasteiger partial charge on any atom is 0.0491 e. The van der Waals surface area contributed by atoms with E-state index >= 15 is 0 Å². The summed E-state index contributed by atoms with van der Waals surface area (Å²) in [6.07, 6.45) is 7.29. The number of fused-ring (bicyclic) bond motifs is 2. The van der Waals surface area contributed by atoms with E-state index in [-0.39, 0.29) is 18.6 Å². The average molecular weight is 184 g/mol. The highest BCUT2D eigenvalue weighted by atomic mass is 16.3. The first-order chi connectivity index (χ1) is 6.30. The molecule has 0 aromatic carbocycles. The molecule has 2 aliphatic rings. The van der Waals surface area contributed by atoms with Crippen molar-refractivity contribution in [3.05, 3.63) is 0 Å². The third kappa shape index (κ3) is 1.50. The minimum absolute atomic E-state index is 0.0932. The van der Waals surface area contributed by atoms with Crippen LogP contribution in [-0.4, -0.2) is 23.4 Å². The van der Waals surface area contributed by atoms with E-state index in [0.717, 1.165) is 25.2 Å². The van der Waals surface area contributed by atoms with Crippen molar-refractivity contribution in [2.75, 3.05) is 13.2 Å². The molecule has 13 heavy (non-hydrogen) atoms. The summed E-state index contributed by atoms with van der Waals surface area (Å²) in [6, 6.07) is 0. The first-order valence-electron chi connectivity index (χ1n) is 5.52. The lowest BCUT2D eigenvalue weighted by Crippen LogP contribution is -2.44. The van der Waals surface area contributed by atoms with E-state index in [4.69, 9.17) is 0 Å². The van der Waals surface area contributed by atoms with Crippen LogP contribution in [0, 0.1) is 17.3 Å². The van der Waals surface area contributed by atoms with E-state index in [1.54, 1.807) is 0 Å². The molecule has 2 saturated carbocycles. The van der Waals surface area contributed by atoms with Crippen molar-refractivity contribution in [3.8, 4) is 0 Å². The van der Waals surface area contributed by atoms with Gasteiger partial charge in [-0.15, -0.1) is 0 Å². The normalized spacial score (nSPS) is 44.8. The summed E-state index contributed by atoms with van der Waals surface area (Å²) < 4.78 is 0. The number of aliphatic hydroxyl groups excluding tert-OH is 2. The lowest BCUT2D eigenvalue weighted by Gasteiger charge is -2.49. The molecule has 0 spiro atoms. The Bertz CT molecular complexity index is 181.